The molecule has 1 N–H and O–H groups in total. The number of benzene rings is 2. The SMILES string of the molecule is COc1cccc(NC(=Nc2ccccc2)SC)c1. The minimum atomic E-state index is 0.824. The summed E-state index contributed by atoms with van der Waals surface area (Å²) in [5.74, 6) is 0.824. The molecule has 0 fully saturated rings. The molecular weight excluding hydrogens is 256 g/mol. The molecule has 0 unspecified atom stereocenters. The first-order chi connectivity index (χ1) is 9.31. The van der Waals surface area contributed by atoms with Crippen LogP contribution in [-0.4, -0.2) is 18.5 Å². The van der Waals surface area contributed by atoms with E-state index in [2.05, 4.69) is 10.3 Å². The largest absolute Gasteiger partial charge is 0.497 e. The summed E-state index contributed by atoms with van der Waals surface area (Å²) < 4.78 is 5.20. The van der Waals surface area contributed by atoms with Gasteiger partial charge in [-0.3, -0.25) is 0 Å². The topological polar surface area (TPSA) is 33.6 Å². The fourth-order valence-corrected chi connectivity index (χ4v) is 1.99. The Morgan fingerprint density at radius 2 is 1.89 bits per heavy atom. The van der Waals surface area contributed by atoms with Gasteiger partial charge in [-0.25, -0.2) is 4.99 Å². The van der Waals surface area contributed by atoms with Crippen molar-refractivity contribution in [2.24, 2.45) is 4.99 Å². The summed E-state index contributed by atoms with van der Waals surface area (Å²) in [4.78, 5) is 4.56. The maximum absolute atomic E-state index is 5.20. The zero-order valence-corrected chi connectivity index (χ0v) is 11.8. The molecule has 0 bridgehead atoms. The number of hydrogen-bond donors (Lipinski definition) is 1. The van der Waals surface area contributed by atoms with E-state index in [9.17, 15) is 0 Å². The molecule has 2 rings (SSSR count). The van der Waals surface area contributed by atoms with E-state index in [0.717, 1.165) is 22.3 Å². The van der Waals surface area contributed by atoms with E-state index in [4.69, 9.17) is 4.74 Å². The molecule has 0 saturated heterocycles. The van der Waals surface area contributed by atoms with Crippen LogP contribution >= 0.6 is 11.8 Å². The predicted octanol–water partition coefficient (Wildman–Crippen LogP) is 4.16. The number of thioether (sulfide) groups is 1. The number of nitrogens with one attached hydrogen (secondary N) is 1. The first kappa shape index (κ1) is 13.5. The Kier molecular flexibility index (Phi) is 4.86. The molecule has 0 radical (unpaired) electrons. The first-order valence-corrected chi connectivity index (χ1v) is 7.13. The summed E-state index contributed by atoms with van der Waals surface area (Å²) in [5, 5.41) is 4.13. The minimum Gasteiger partial charge on any atom is -0.497 e. The molecule has 0 aliphatic rings. The summed E-state index contributed by atoms with van der Waals surface area (Å²) in [6.07, 6.45) is 1.99. The van der Waals surface area contributed by atoms with E-state index in [1.165, 1.54) is 0 Å². The second-order valence-electron chi connectivity index (χ2n) is 3.81. The molecule has 4 heteroatoms. The third-order valence-electron chi connectivity index (χ3n) is 2.50. The highest BCUT2D eigenvalue weighted by Gasteiger charge is 2.00. The summed E-state index contributed by atoms with van der Waals surface area (Å²) in [6, 6.07) is 17.7. The lowest BCUT2D eigenvalue weighted by Gasteiger charge is -2.09. The molecule has 19 heavy (non-hydrogen) atoms. The summed E-state index contributed by atoms with van der Waals surface area (Å²) in [5.41, 5.74) is 1.89. The molecule has 0 spiro atoms. The van der Waals surface area contributed by atoms with Crippen LogP contribution in [0, 0.1) is 0 Å². The van der Waals surface area contributed by atoms with Gasteiger partial charge in [0.05, 0.1) is 12.8 Å². The van der Waals surface area contributed by atoms with Gasteiger partial charge in [0.2, 0.25) is 0 Å². The third-order valence-corrected chi connectivity index (χ3v) is 3.08. The smallest absolute Gasteiger partial charge is 0.165 e. The Labute approximate surface area is 117 Å². The Morgan fingerprint density at radius 1 is 1.11 bits per heavy atom. The maximum atomic E-state index is 5.20. The lowest BCUT2D eigenvalue weighted by Crippen LogP contribution is -2.06. The molecule has 0 amide bonds. The van der Waals surface area contributed by atoms with Gasteiger partial charge in [0.15, 0.2) is 5.17 Å². The number of aliphatic imine (C=N–C) groups is 1. The average Bonchev–Trinajstić information content (AvgIpc) is 2.48. The molecular formula is C15H16N2OS. The molecule has 0 saturated carbocycles. The predicted molar refractivity (Wildman–Crippen MR) is 83.7 cm³/mol. The summed E-state index contributed by atoms with van der Waals surface area (Å²) in [6.45, 7) is 0. The zero-order valence-electron chi connectivity index (χ0n) is 11.0. The van der Waals surface area contributed by atoms with Gasteiger partial charge in [-0.05, 0) is 30.5 Å². The highest BCUT2D eigenvalue weighted by atomic mass is 32.2. The second kappa shape index (κ2) is 6.85. The van der Waals surface area contributed by atoms with Crippen molar-refractivity contribution in [1.29, 1.82) is 0 Å². The van der Waals surface area contributed by atoms with Crippen LogP contribution in [0.25, 0.3) is 0 Å². The molecule has 0 heterocycles. The normalized spacial score (nSPS) is 11.2. The molecule has 0 aliphatic carbocycles. The van der Waals surface area contributed by atoms with Crippen molar-refractivity contribution >= 4 is 28.3 Å². The molecule has 0 aliphatic heterocycles. The van der Waals surface area contributed by atoms with Crippen molar-refractivity contribution in [3.63, 3.8) is 0 Å². The molecule has 0 aromatic heterocycles. The monoisotopic (exact) mass is 272 g/mol. The van der Waals surface area contributed by atoms with Crippen molar-refractivity contribution in [1.82, 2.24) is 0 Å². The van der Waals surface area contributed by atoms with Crippen LogP contribution in [0.1, 0.15) is 0 Å². The first-order valence-electron chi connectivity index (χ1n) is 5.90. The number of ether oxygens (including phenoxy) is 1. The highest BCUT2D eigenvalue weighted by Crippen LogP contribution is 2.19. The number of methoxy groups -OCH3 is 1. The van der Waals surface area contributed by atoms with Gasteiger partial charge in [-0.15, -0.1) is 0 Å². The molecule has 98 valence electrons. The lowest BCUT2D eigenvalue weighted by molar-refractivity contribution is 0.415. The van der Waals surface area contributed by atoms with Crippen LogP contribution in [0.5, 0.6) is 5.75 Å². The number of hydrogen-bond acceptors (Lipinski definition) is 3. The summed E-state index contributed by atoms with van der Waals surface area (Å²) >= 11 is 1.57. The number of amidine groups is 1. The summed E-state index contributed by atoms with van der Waals surface area (Å²) in [7, 11) is 1.66. The van der Waals surface area contributed by atoms with Crippen LogP contribution in [0.2, 0.25) is 0 Å². The highest BCUT2D eigenvalue weighted by molar-refractivity contribution is 8.13. The van der Waals surface area contributed by atoms with E-state index in [0.29, 0.717) is 0 Å². The quantitative estimate of drug-likeness (QED) is 0.673. The van der Waals surface area contributed by atoms with Crippen LogP contribution in [0.3, 0.4) is 0 Å². The van der Waals surface area contributed by atoms with Crippen molar-refractivity contribution in [2.45, 2.75) is 0 Å². The van der Waals surface area contributed by atoms with E-state index in [1.807, 2.05) is 60.9 Å². The fraction of sp³-hybridized carbons (Fsp3) is 0.133. The van der Waals surface area contributed by atoms with E-state index in [-0.39, 0.29) is 0 Å². The Hall–Kier alpha value is -1.94. The van der Waals surface area contributed by atoms with Crippen molar-refractivity contribution in [3.8, 4) is 5.75 Å². The number of nitrogens with zero attached hydrogens (tertiary/aromatic N) is 1. The van der Waals surface area contributed by atoms with Gasteiger partial charge in [-0.2, -0.15) is 0 Å². The van der Waals surface area contributed by atoms with Gasteiger partial charge in [0.1, 0.15) is 5.75 Å². The van der Waals surface area contributed by atoms with Crippen molar-refractivity contribution in [3.05, 3.63) is 54.6 Å². The lowest BCUT2D eigenvalue weighted by atomic mass is 10.3. The van der Waals surface area contributed by atoms with Crippen molar-refractivity contribution in [2.75, 3.05) is 18.7 Å². The van der Waals surface area contributed by atoms with Gasteiger partial charge in [-0.1, -0.05) is 36.0 Å². The van der Waals surface area contributed by atoms with Gasteiger partial charge in [0.25, 0.3) is 0 Å². The second-order valence-corrected chi connectivity index (χ2v) is 4.61. The van der Waals surface area contributed by atoms with Gasteiger partial charge < -0.3 is 10.1 Å². The molecule has 2 aromatic rings. The third kappa shape index (κ3) is 4.03. The van der Waals surface area contributed by atoms with Crippen LogP contribution in [-0.2, 0) is 0 Å². The van der Waals surface area contributed by atoms with Crippen LogP contribution in [0.15, 0.2) is 59.6 Å². The fourth-order valence-electron chi connectivity index (χ4n) is 1.57. The maximum Gasteiger partial charge on any atom is 0.165 e. The average molecular weight is 272 g/mol. The van der Waals surface area contributed by atoms with Gasteiger partial charge >= 0.3 is 0 Å². The Bertz CT molecular complexity index is 555. The zero-order chi connectivity index (χ0) is 13.5. The number of rotatable bonds is 3. The van der Waals surface area contributed by atoms with E-state index < -0.39 is 0 Å². The molecule has 3 nitrogen and oxygen atoms in total. The number of anilines is 1. The molecule has 0 atom stereocenters. The van der Waals surface area contributed by atoms with Gasteiger partial charge in [0, 0.05) is 11.8 Å². The minimum absolute atomic E-state index is 0.824. The Balaban J connectivity index is 2.17. The van der Waals surface area contributed by atoms with Crippen molar-refractivity contribution < 1.29 is 4.74 Å². The van der Waals surface area contributed by atoms with E-state index >= 15 is 0 Å². The molecule has 2 aromatic carbocycles. The standard InChI is InChI=1S/C15H16N2OS/c1-18-14-10-6-9-13(11-14)17-15(19-2)16-12-7-4-3-5-8-12/h3-11H,1-2H3,(H,16,17). The number of para-hydroxylation sites is 1. The Morgan fingerprint density at radius 3 is 2.58 bits per heavy atom. The van der Waals surface area contributed by atoms with Crippen LogP contribution < -0.4 is 10.1 Å². The van der Waals surface area contributed by atoms with E-state index in [1.54, 1.807) is 18.9 Å². The van der Waals surface area contributed by atoms with Crippen LogP contribution in [0.4, 0.5) is 11.4 Å².